The van der Waals surface area contributed by atoms with E-state index in [1.807, 2.05) is 13.8 Å². The summed E-state index contributed by atoms with van der Waals surface area (Å²) in [4.78, 5) is 29.2. The lowest BCUT2D eigenvalue weighted by Gasteiger charge is -2.10. The first-order valence-corrected chi connectivity index (χ1v) is 12.3. The number of nitrogens with one attached hydrogen (secondary N) is 2. The Morgan fingerprint density at radius 3 is 2.41 bits per heavy atom. The maximum Gasteiger partial charge on any atom is 0.266 e. The fraction of sp³-hybridized carbons (Fsp3) is 0.333. The Morgan fingerprint density at radius 1 is 1.12 bits per heavy atom. The van der Waals surface area contributed by atoms with E-state index in [4.69, 9.17) is 0 Å². The highest BCUT2D eigenvalue weighted by molar-refractivity contribution is 7.89. The molecule has 32 heavy (non-hydrogen) atoms. The van der Waals surface area contributed by atoms with Gasteiger partial charge in [-0.15, -0.1) is 11.3 Å². The molecular weight excluding hydrogens is 450 g/mol. The van der Waals surface area contributed by atoms with Crippen LogP contribution in [0, 0.1) is 19.8 Å². The molecule has 0 aliphatic heterocycles. The van der Waals surface area contributed by atoms with E-state index in [1.165, 1.54) is 46.4 Å². The van der Waals surface area contributed by atoms with Gasteiger partial charge < -0.3 is 5.32 Å². The average Bonchev–Trinajstić information content (AvgIpc) is 3.07. The van der Waals surface area contributed by atoms with E-state index >= 15 is 0 Å². The zero-order chi connectivity index (χ0) is 23.5. The SMILES string of the molecule is Cc1nc(C)c(-c2ccc(=O)n(CCNS(=O)(=O)c3ccc(NC(=O)C(C)C)cc3)n2)s1. The van der Waals surface area contributed by atoms with E-state index < -0.39 is 10.0 Å². The summed E-state index contributed by atoms with van der Waals surface area (Å²) < 4.78 is 28.9. The summed E-state index contributed by atoms with van der Waals surface area (Å²) in [6.07, 6.45) is 0. The maximum absolute atomic E-state index is 12.6. The van der Waals surface area contributed by atoms with Crippen molar-refractivity contribution in [3.8, 4) is 10.6 Å². The number of aryl methyl sites for hydroxylation is 2. The number of benzene rings is 1. The molecule has 170 valence electrons. The second-order valence-corrected chi connectivity index (χ2v) is 10.5. The molecule has 9 nitrogen and oxygen atoms in total. The van der Waals surface area contributed by atoms with Gasteiger partial charge in [0.25, 0.3) is 5.56 Å². The fourth-order valence-corrected chi connectivity index (χ4v) is 4.78. The summed E-state index contributed by atoms with van der Waals surface area (Å²) in [5.74, 6) is -0.331. The van der Waals surface area contributed by atoms with E-state index in [0.717, 1.165) is 15.6 Å². The molecule has 2 heterocycles. The van der Waals surface area contributed by atoms with Gasteiger partial charge in [-0.3, -0.25) is 9.59 Å². The fourth-order valence-electron chi connectivity index (χ4n) is 2.87. The second kappa shape index (κ2) is 9.72. The van der Waals surface area contributed by atoms with Crippen molar-refractivity contribution < 1.29 is 13.2 Å². The molecule has 1 aromatic carbocycles. The van der Waals surface area contributed by atoms with Crippen molar-refractivity contribution in [2.75, 3.05) is 11.9 Å². The number of hydrogen-bond acceptors (Lipinski definition) is 7. The molecule has 0 saturated heterocycles. The van der Waals surface area contributed by atoms with Crippen LogP contribution < -0.4 is 15.6 Å². The summed E-state index contributed by atoms with van der Waals surface area (Å²) >= 11 is 1.49. The molecule has 0 fully saturated rings. The number of nitrogens with zero attached hydrogens (tertiary/aromatic N) is 3. The molecule has 3 aromatic rings. The molecule has 2 aromatic heterocycles. The van der Waals surface area contributed by atoms with E-state index in [-0.39, 0.29) is 35.4 Å². The third kappa shape index (κ3) is 5.67. The zero-order valence-electron chi connectivity index (χ0n) is 18.2. The van der Waals surface area contributed by atoms with Crippen LogP contribution in [0.5, 0.6) is 0 Å². The van der Waals surface area contributed by atoms with Crippen molar-refractivity contribution in [1.82, 2.24) is 19.5 Å². The molecule has 3 rings (SSSR count). The number of aromatic nitrogens is 3. The minimum absolute atomic E-state index is 0.00870. The summed E-state index contributed by atoms with van der Waals surface area (Å²) in [7, 11) is -3.78. The van der Waals surface area contributed by atoms with Gasteiger partial charge in [-0.1, -0.05) is 13.8 Å². The van der Waals surface area contributed by atoms with Crippen LogP contribution in [-0.2, 0) is 21.4 Å². The predicted octanol–water partition coefficient (Wildman–Crippen LogP) is 2.56. The number of anilines is 1. The van der Waals surface area contributed by atoms with Crippen LogP contribution in [0.2, 0.25) is 0 Å². The Balaban J connectivity index is 1.67. The van der Waals surface area contributed by atoms with Crippen LogP contribution in [0.15, 0.2) is 46.1 Å². The molecule has 0 atom stereocenters. The Kier molecular flexibility index (Phi) is 7.22. The second-order valence-electron chi connectivity index (χ2n) is 7.49. The Bertz CT molecular complexity index is 1280. The third-order valence-electron chi connectivity index (χ3n) is 4.58. The van der Waals surface area contributed by atoms with Crippen LogP contribution >= 0.6 is 11.3 Å². The molecule has 0 radical (unpaired) electrons. The quantitative estimate of drug-likeness (QED) is 0.516. The van der Waals surface area contributed by atoms with E-state index in [2.05, 4.69) is 20.1 Å². The van der Waals surface area contributed by atoms with Crippen LogP contribution in [-0.4, -0.2) is 35.6 Å². The van der Waals surface area contributed by atoms with Gasteiger partial charge in [-0.05, 0) is 44.2 Å². The normalized spacial score (nSPS) is 11.7. The molecule has 2 N–H and O–H groups in total. The lowest BCUT2D eigenvalue weighted by molar-refractivity contribution is -0.118. The van der Waals surface area contributed by atoms with Crippen molar-refractivity contribution in [2.24, 2.45) is 5.92 Å². The van der Waals surface area contributed by atoms with Gasteiger partial charge in [0.05, 0.1) is 27.0 Å². The lowest BCUT2D eigenvalue weighted by atomic mass is 10.2. The van der Waals surface area contributed by atoms with E-state index in [9.17, 15) is 18.0 Å². The number of rotatable bonds is 8. The zero-order valence-corrected chi connectivity index (χ0v) is 19.9. The van der Waals surface area contributed by atoms with Gasteiger partial charge in [-0.25, -0.2) is 22.8 Å². The molecular formula is C21H25N5O4S2. The van der Waals surface area contributed by atoms with Crippen molar-refractivity contribution in [2.45, 2.75) is 39.1 Å². The van der Waals surface area contributed by atoms with Crippen LogP contribution in [0.25, 0.3) is 10.6 Å². The molecule has 1 amide bonds. The van der Waals surface area contributed by atoms with Crippen molar-refractivity contribution in [1.29, 1.82) is 0 Å². The minimum Gasteiger partial charge on any atom is -0.326 e. The molecule has 0 aliphatic rings. The van der Waals surface area contributed by atoms with Gasteiger partial charge in [0.1, 0.15) is 5.69 Å². The molecule has 0 saturated carbocycles. The summed E-state index contributed by atoms with van der Waals surface area (Å²) in [6, 6.07) is 8.95. The summed E-state index contributed by atoms with van der Waals surface area (Å²) in [5, 5.41) is 7.98. The summed E-state index contributed by atoms with van der Waals surface area (Å²) in [6.45, 7) is 7.39. The number of carbonyl (C=O) groups is 1. The van der Waals surface area contributed by atoms with Crippen LogP contribution in [0.3, 0.4) is 0 Å². The number of carbonyl (C=O) groups excluding carboxylic acids is 1. The number of hydrogen-bond donors (Lipinski definition) is 2. The number of sulfonamides is 1. The minimum atomic E-state index is -3.78. The Morgan fingerprint density at radius 2 is 1.81 bits per heavy atom. The molecule has 0 unspecified atom stereocenters. The molecule has 0 spiro atoms. The van der Waals surface area contributed by atoms with E-state index in [1.54, 1.807) is 19.9 Å². The highest BCUT2D eigenvalue weighted by Gasteiger charge is 2.15. The van der Waals surface area contributed by atoms with Crippen LogP contribution in [0.4, 0.5) is 5.69 Å². The first kappa shape index (κ1) is 23.8. The highest BCUT2D eigenvalue weighted by atomic mass is 32.2. The third-order valence-corrected chi connectivity index (χ3v) is 7.15. The van der Waals surface area contributed by atoms with Crippen molar-refractivity contribution in [3.63, 3.8) is 0 Å². The average molecular weight is 476 g/mol. The van der Waals surface area contributed by atoms with Gasteiger partial charge in [0.15, 0.2) is 0 Å². The van der Waals surface area contributed by atoms with Gasteiger partial charge in [-0.2, -0.15) is 5.10 Å². The summed E-state index contributed by atoms with van der Waals surface area (Å²) in [5.41, 5.74) is 1.65. The first-order chi connectivity index (χ1) is 15.1. The monoisotopic (exact) mass is 475 g/mol. The maximum atomic E-state index is 12.6. The first-order valence-electron chi connectivity index (χ1n) is 10.00. The van der Waals surface area contributed by atoms with Gasteiger partial charge in [0.2, 0.25) is 15.9 Å². The largest absolute Gasteiger partial charge is 0.326 e. The highest BCUT2D eigenvalue weighted by Crippen LogP contribution is 2.27. The van der Waals surface area contributed by atoms with Gasteiger partial charge >= 0.3 is 0 Å². The molecule has 0 aliphatic carbocycles. The Hall–Kier alpha value is -2.89. The number of thiazole rings is 1. The van der Waals surface area contributed by atoms with Crippen molar-refractivity contribution >= 4 is 33.0 Å². The van der Waals surface area contributed by atoms with Crippen LogP contribution in [0.1, 0.15) is 24.5 Å². The number of amides is 1. The van der Waals surface area contributed by atoms with Gasteiger partial charge in [0, 0.05) is 24.2 Å². The molecule has 0 bridgehead atoms. The smallest absolute Gasteiger partial charge is 0.266 e. The van der Waals surface area contributed by atoms with Crippen molar-refractivity contribution in [3.05, 3.63) is 57.5 Å². The standard InChI is InChI=1S/C21H25N5O4S2/c1-13(2)21(28)24-16-5-7-17(8-6-16)32(29,30)22-11-12-26-19(27)10-9-18(25-26)20-14(3)23-15(4)31-20/h5-10,13,22H,11-12H2,1-4H3,(H,24,28). The lowest BCUT2D eigenvalue weighted by Crippen LogP contribution is -2.32. The Labute approximate surface area is 190 Å². The van der Waals surface area contributed by atoms with E-state index in [0.29, 0.717) is 11.4 Å². The topological polar surface area (TPSA) is 123 Å². The predicted molar refractivity (Wildman–Crippen MR) is 124 cm³/mol. The molecule has 11 heteroatoms.